The van der Waals surface area contributed by atoms with Gasteiger partial charge in [0.2, 0.25) is 21.8 Å². The van der Waals surface area contributed by atoms with Crippen molar-refractivity contribution >= 4 is 27.5 Å². The summed E-state index contributed by atoms with van der Waals surface area (Å²) < 4.78 is 29.1. The van der Waals surface area contributed by atoms with Gasteiger partial charge in [-0.3, -0.25) is 9.59 Å². The van der Waals surface area contributed by atoms with E-state index in [1.54, 1.807) is 12.1 Å². The number of amides is 2. The highest BCUT2D eigenvalue weighted by Gasteiger charge is 2.27. The van der Waals surface area contributed by atoms with Crippen molar-refractivity contribution in [2.75, 3.05) is 11.9 Å². The van der Waals surface area contributed by atoms with Gasteiger partial charge in [-0.1, -0.05) is 60.2 Å². The summed E-state index contributed by atoms with van der Waals surface area (Å²) in [6.45, 7) is 2.41. The molecule has 0 aromatic heterocycles. The highest BCUT2D eigenvalue weighted by Crippen LogP contribution is 2.25. The molecule has 0 radical (unpaired) electrons. The Bertz CT molecular complexity index is 1320. The number of sulfonamides is 1. The van der Waals surface area contributed by atoms with Crippen LogP contribution in [0.25, 0.3) is 0 Å². The molecular formula is C27H29N3O4S. The van der Waals surface area contributed by atoms with Crippen LogP contribution in [-0.4, -0.2) is 32.8 Å². The molecule has 182 valence electrons. The molecule has 1 aliphatic heterocycles. The quantitative estimate of drug-likeness (QED) is 0.428. The van der Waals surface area contributed by atoms with Crippen molar-refractivity contribution in [2.45, 2.75) is 43.5 Å². The minimum absolute atomic E-state index is 0.0676. The Morgan fingerprint density at radius 1 is 0.971 bits per heavy atom. The van der Waals surface area contributed by atoms with Crippen molar-refractivity contribution < 1.29 is 18.0 Å². The average molecular weight is 492 g/mol. The van der Waals surface area contributed by atoms with Gasteiger partial charge < -0.3 is 10.6 Å². The van der Waals surface area contributed by atoms with Gasteiger partial charge in [-0.05, 0) is 61.1 Å². The lowest BCUT2D eigenvalue weighted by molar-refractivity contribution is -0.122. The van der Waals surface area contributed by atoms with E-state index >= 15 is 0 Å². The van der Waals surface area contributed by atoms with E-state index in [-0.39, 0.29) is 23.1 Å². The van der Waals surface area contributed by atoms with Gasteiger partial charge in [-0.2, -0.15) is 4.72 Å². The Balaban J connectivity index is 1.49. The molecule has 1 heterocycles. The third-order valence-corrected chi connectivity index (χ3v) is 7.44. The number of benzene rings is 3. The van der Waals surface area contributed by atoms with Crippen LogP contribution in [0.5, 0.6) is 0 Å². The van der Waals surface area contributed by atoms with Crippen molar-refractivity contribution in [3.8, 4) is 0 Å². The fraction of sp³-hybridized carbons (Fsp3) is 0.259. The summed E-state index contributed by atoms with van der Waals surface area (Å²) in [7, 11) is -3.98. The van der Waals surface area contributed by atoms with E-state index in [4.69, 9.17) is 0 Å². The number of carbonyl (C=O) groups excluding carboxylic acids is 2. The number of aryl methyl sites for hydroxylation is 2. The molecule has 1 unspecified atom stereocenters. The zero-order chi connectivity index (χ0) is 24.8. The Morgan fingerprint density at radius 2 is 1.74 bits per heavy atom. The predicted molar refractivity (Wildman–Crippen MR) is 136 cm³/mol. The Morgan fingerprint density at radius 3 is 2.51 bits per heavy atom. The zero-order valence-electron chi connectivity index (χ0n) is 19.6. The van der Waals surface area contributed by atoms with Crippen LogP contribution in [-0.2, 0) is 38.9 Å². The molecule has 0 spiro atoms. The lowest BCUT2D eigenvalue weighted by Crippen LogP contribution is -2.48. The van der Waals surface area contributed by atoms with Gasteiger partial charge in [-0.15, -0.1) is 0 Å². The van der Waals surface area contributed by atoms with Gasteiger partial charge in [0.15, 0.2) is 0 Å². The summed E-state index contributed by atoms with van der Waals surface area (Å²) in [6, 6.07) is 21.0. The number of hydrogen-bond acceptors (Lipinski definition) is 4. The predicted octanol–water partition coefficient (Wildman–Crippen LogP) is 3.13. The number of fused-ring (bicyclic) bond motifs is 1. The lowest BCUT2D eigenvalue weighted by Gasteiger charge is -2.21. The van der Waals surface area contributed by atoms with Crippen molar-refractivity contribution in [2.24, 2.45) is 0 Å². The standard InChI is InChI=1S/C27H29N3O4S/c1-19-6-5-9-21(16-19)14-15-28-27(32)25(17-20-7-3-2-4-8-20)30-35(33,34)23-11-12-24-22(18-23)10-13-26(31)29-24/h2-9,11-12,16,18,25,30H,10,13-15,17H2,1H3,(H,28,32)(H,29,31). The smallest absolute Gasteiger partial charge is 0.241 e. The maximum atomic E-state index is 13.2. The fourth-order valence-electron chi connectivity index (χ4n) is 4.14. The van der Waals surface area contributed by atoms with Crippen molar-refractivity contribution in [3.05, 3.63) is 95.1 Å². The number of hydrogen-bond donors (Lipinski definition) is 3. The van der Waals surface area contributed by atoms with Gasteiger partial charge in [-0.25, -0.2) is 8.42 Å². The number of carbonyl (C=O) groups is 2. The number of rotatable bonds is 9. The summed E-state index contributed by atoms with van der Waals surface area (Å²) >= 11 is 0. The van der Waals surface area contributed by atoms with Crippen molar-refractivity contribution in [1.29, 1.82) is 0 Å². The first-order valence-corrected chi connectivity index (χ1v) is 13.1. The largest absolute Gasteiger partial charge is 0.354 e. The van der Waals surface area contributed by atoms with E-state index in [0.717, 1.165) is 22.3 Å². The first-order chi connectivity index (χ1) is 16.8. The van der Waals surface area contributed by atoms with E-state index in [0.29, 0.717) is 31.5 Å². The molecule has 0 bridgehead atoms. The summed E-state index contributed by atoms with van der Waals surface area (Å²) in [4.78, 5) is 24.8. The van der Waals surface area contributed by atoms with Crippen LogP contribution in [0.2, 0.25) is 0 Å². The monoisotopic (exact) mass is 491 g/mol. The van der Waals surface area contributed by atoms with Crippen LogP contribution < -0.4 is 15.4 Å². The topological polar surface area (TPSA) is 104 Å². The Hall–Kier alpha value is -3.49. The second-order valence-electron chi connectivity index (χ2n) is 8.76. The molecule has 3 aromatic carbocycles. The van der Waals surface area contributed by atoms with Gasteiger partial charge in [0.1, 0.15) is 6.04 Å². The van der Waals surface area contributed by atoms with Crippen molar-refractivity contribution in [3.63, 3.8) is 0 Å². The Kier molecular flexibility index (Phi) is 7.63. The van der Waals surface area contributed by atoms with E-state index < -0.39 is 16.1 Å². The molecule has 35 heavy (non-hydrogen) atoms. The highest BCUT2D eigenvalue weighted by molar-refractivity contribution is 7.89. The van der Waals surface area contributed by atoms with Gasteiger partial charge in [0.25, 0.3) is 0 Å². The second kappa shape index (κ2) is 10.8. The average Bonchev–Trinajstić information content (AvgIpc) is 2.84. The molecule has 0 aliphatic carbocycles. The van der Waals surface area contributed by atoms with E-state index in [1.165, 1.54) is 6.07 Å². The first kappa shape index (κ1) is 24.6. The maximum absolute atomic E-state index is 13.2. The van der Waals surface area contributed by atoms with E-state index in [1.807, 2.05) is 55.5 Å². The van der Waals surface area contributed by atoms with Crippen LogP contribution in [0.3, 0.4) is 0 Å². The highest BCUT2D eigenvalue weighted by atomic mass is 32.2. The van der Waals surface area contributed by atoms with Crippen LogP contribution in [0.1, 0.15) is 28.7 Å². The normalized spacial score (nSPS) is 14.0. The lowest BCUT2D eigenvalue weighted by atomic mass is 10.0. The van der Waals surface area contributed by atoms with Gasteiger partial charge in [0, 0.05) is 18.7 Å². The van der Waals surface area contributed by atoms with Crippen LogP contribution in [0.4, 0.5) is 5.69 Å². The zero-order valence-corrected chi connectivity index (χ0v) is 20.4. The molecule has 2 amide bonds. The molecular weight excluding hydrogens is 462 g/mol. The number of nitrogens with one attached hydrogen (secondary N) is 3. The van der Waals surface area contributed by atoms with Crippen LogP contribution in [0, 0.1) is 6.92 Å². The SMILES string of the molecule is Cc1cccc(CCNC(=O)C(Cc2ccccc2)NS(=O)(=O)c2ccc3c(c2)CCC(=O)N3)c1. The second-order valence-corrected chi connectivity index (χ2v) is 10.5. The maximum Gasteiger partial charge on any atom is 0.241 e. The summed E-state index contributed by atoms with van der Waals surface area (Å²) in [5.74, 6) is -0.466. The first-order valence-electron chi connectivity index (χ1n) is 11.6. The number of anilines is 1. The molecule has 8 heteroatoms. The molecule has 1 atom stereocenters. The summed E-state index contributed by atoms with van der Waals surface area (Å²) in [5.41, 5.74) is 4.48. The molecule has 1 aliphatic rings. The third-order valence-electron chi connectivity index (χ3n) is 5.97. The molecule has 3 aromatic rings. The molecule has 4 rings (SSSR count). The van der Waals surface area contributed by atoms with Gasteiger partial charge >= 0.3 is 0 Å². The minimum Gasteiger partial charge on any atom is -0.354 e. The van der Waals surface area contributed by atoms with E-state index in [9.17, 15) is 18.0 Å². The molecule has 0 fully saturated rings. The van der Waals surface area contributed by atoms with E-state index in [2.05, 4.69) is 21.4 Å². The molecule has 0 saturated heterocycles. The fourth-order valence-corrected chi connectivity index (χ4v) is 5.39. The molecule has 3 N–H and O–H groups in total. The minimum atomic E-state index is -3.98. The summed E-state index contributed by atoms with van der Waals surface area (Å²) in [6.07, 6.45) is 1.65. The molecule has 0 saturated carbocycles. The van der Waals surface area contributed by atoms with Crippen LogP contribution in [0.15, 0.2) is 77.7 Å². The third kappa shape index (κ3) is 6.55. The van der Waals surface area contributed by atoms with Crippen molar-refractivity contribution in [1.82, 2.24) is 10.0 Å². The summed E-state index contributed by atoms with van der Waals surface area (Å²) in [5, 5.41) is 5.64. The Labute approximate surface area is 206 Å². The van der Waals surface area contributed by atoms with Crippen LogP contribution >= 0.6 is 0 Å². The van der Waals surface area contributed by atoms with Gasteiger partial charge in [0.05, 0.1) is 4.90 Å². The molecule has 7 nitrogen and oxygen atoms in total.